The van der Waals surface area contributed by atoms with Crippen LogP contribution in [0.15, 0.2) is 0 Å². The highest BCUT2D eigenvalue weighted by atomic mass is 15.1. The molecule has 2 fully saturated rings. The van der Waals surface area contributed by atoms with E-state index in [4.69, 9.17) is 0 Å². The maximum atomic E-state index is 2.49. The summed E-state index contributed by atoms with van der Waals surface area (Å²) >= 11 is 0. The second-order valence-corrected chi connectivity index (χ2v) is 4.20. The zero-order chi connectivity index (χ0) is 7.14. The van der Waals surface area contributed by atoms with Crippen LogP contribution >= 0.6 is 0 Å². The molecule has 2 aliphatic rings. The number of hydrogen-bond acceptors (Lipinski definition) is 1. The third-order valence-electron chi connectivity index (χ3n) is 3.40. The van der Waals surface area contributed by atoms with Crippen LogP contribution in [0.1, 0.15) is 12.8 Å². The standard InChI is InChI=1S/C8H16BN/c1-10-4-6-2-3-8(9)7(6)5-10/h6-8H,2-5,9H2,1H3. The third kappa shape index (κ3) is 0.896. The number of rotatable bonds is 0. The van der Waals surface area contributed by atoms with Gasteiger partial charge in [-0.15, -0.1) is 0 Å². The fourth-order valence-electron chi connectivity index (χ4n) is 2.76. The molecule has 2 heteroatoms. The second-order valence-electron chi connectivity index (χ2n) is 4.20. The van der Waals surface area contributed by atoms with E-state index in [0.717, 1.165) is 17.7 Å². The minimum atomic E-state index is 1.01. The average Bonchev–Trinajstić information content (AvgIpc) is 2.35. The molecule has 0 aromatic heterocycles. The van der Waals surface area contributed by atoms with Crippen LogP contribution in [0.5, 0.6) is 0 Å². The zero-order valence-corrected chi connectivity index (χ0v) is 7.01. The minimum Gasteiger partial charge on any atom is -0.306 e. The zero-order valence-electron chi connectivity index (χ0n) is 7.01. The summed E-state index contributed by atoms with van der Waals surface area (Å²) in [6, 6.07) is 0. The molecule has 0 aromatic carbocycles. The van der Waals surface area contributed by atoms with E-state index in [9.17, 15) is 0 Å². The summed E-state index contributed by atoms with van der Waals surface area (Å²) in [7, 11) is 4.68. The Morgan fingerprint density at radius 2 is 2.10 bits per heavy atom. The van der Waals surface area contributed by atoms with Gasteiger partial charge < -0.3 is 4.90 Å². The van der Waals surface area contributed by atoms with E-state index < -0.39 is 0 Å². The van der Waals surface area contributed by atoms with Gasteiger partial charge in [0.25, 0.3) is 0 Å². The van der Waals surface area contributed by atoms with Gasteiger partial charge in [0.1, 0.15) is 7.85 Å². The lowest BCUT2D eigenvalue weighted by molar-refractivity contribution is 0.379. The largest absolute Gasteiger partial charge is 0.306 e. The number of fused-ring (bicyclic) bond motifs is 1. The lowest BCUT2D eigenvalue weighted by Gasteiger charge is -2.12. The maximum absolute atomic E-state index is 2.49. The molecule has 3 unspecified atom stereocenters. The molecule has 1 saturated heterocycles. The highest BCUT2D eigenvalue weighted by Crippen LogP contribution is 2.43. The van der Waals surface area contributed by atoms with Gasteiger partial charge in [0, 0.05) is 13.1 Å². The Balaban J connectivity index is 2.05. The Hall–Kier alpha value is 0.0249. The molecule has 1 aliphatic heterocycles. The van der Waals surface area contributed by atoms with Gasteiger partial charge in [0.2, 0.25) is 0 Å². The van der Waals surface area contributed by atoms with Crippen LogP contribution in [-0.4, -0.2) is 32.9 Å². The smallest absolute Gasteiger partial charge is 0.105 e. The summed E-state index contributed by atoms with van der Waals surface area (Å²) in [4.78, 5) is 2.49. The highest BCUT2D eigenvalue weighted by molar-refractivity contribution is 6.12. The predicted molar refractivity (Wildman–Crippen MR) is 46.0 cm³/mol. The lowest BCUT2D eigenvalue weighted by atomic mass is 9.78. The van der Waals surface area contributed by atoms with Gasteiger partial charge in [-0.25, -0.2) is 0 Å². The van der Waals surface area contributed by atoms with Gasteiger partial charge in [0.15, 0.2) is 0 Å². The van der Waals surface area contributed by atoms with Crippen molar-refractivity contribution in [1.82, 2.24) is 4.90 Å². The quantitative estimate of drug-likeness (QED) is 0.436. The molecule has 0 spiro atoms. The van der Waals surface area contributed by atoms with Crippen molar-refractivity contribution in [3.8, 4) is 0 Å². The first-order valence-corrected chi connectivity index (χ1v) is 4.46. The molecule has 0 amide bonds. The van der Waals surface area contributed by atoms with Crippen molar-refractivity contribution in [2.75, 3.05) is 20.1 Å². The first kappa shape index (κ1) is 6.72. The van der Waals surface area contributed by atoms with E-state index >= 15 is 0 Å². The van der Waals surface area contributed by atoms with Gasteiger partial charge in [0.05, 0.1) is 0 Å². The summed E-state index contributed by atoms with van der Waals surface area (Å²) in [5.41, 5.74) is 0. The highest BCUT2D eigenvalue weighted by Gasteiger charge is 2.38. The van der Waals surface area contributed by atoms with Crippen LogP contribution in [-0.2, 0) is 0 Å². The van der Waals surface area contributed by atoms with Crippen LogP contribution in [0.2, 0.25) is 5.82 Å². The van der Waals surface area contributed by atoms with Crippen LogP contribution in [0.4, 0.5) is 0 Å². The molecule has 1 saturated carbocycles. The summed E-state index contributed by atoms with van der Waals surface area (Å²) in [6.45, 7) is 2.74. The van der Waals surface area contributed by atoms with E-state index in [2.05, 4.69) is 19.8 Å². The number of hydrogen-bond donors (Lipinski definition) is 0. The number of nitrogens with zero attached hydrogens (tertiary/aromatic N) is 1. The Morgan fingerprint density at radius 3 is 2.80 bits per heavy atom. The molecule has 2 rings (SSSR count). The van der Waals surface area contributed by atoms with Crippen molar-refractivity contribution in [2.24, 2.45) is 11.8 Å². The molecule has 0 bridgehead atoms. The van der Waals surface area contributed by atoms with E-state index in [-0.39, 0.29) is 0 Å². The molecule has 56 valence electrons. The minimum absolute atomic E-state index is 1.01. The van der Waals surface area contributed by atoms with Gasteiger partial charge in [-0.3, -0.25) is 0 Å². The van der Waals surface area contributed by atoms with Crippen LogP contribution in [0.25, 0.3) is 0 Å². The molecule has 0 aromatic rings. The summed E-state index contributed by atoms with van der Waals surface area (Å²) in [5, 5.41) is 0. The van der Waals surface area contributed by atoms with Crippen molar-refractivity contribution >= 4 is 7.85 Å². The van der Waals surface area contributed by atoms with Gasteiger partial charge in [-0.1, -0.05) is 12.2 Å². The predicted octanol–water partition coefficient (Wildman–Crippen LogP) is 0.380. The van der Waals surface area contributed by atoms with E-state index in [1.54, 1.807) is 0 Å². The molecule has 10 heavy (non-hydrogen) atoms. The van der Waals surface area contributed by atoms with Gasteiger partial charge in [-0.05, 0) is 25.3 Å². The first-order valence-electron chi connectivity index (χ1n) is 4.46. The monoisotopic (exact) mass is 137 g/mol. The third-order valence-corrected chi connectivity index (χ3v) is 3.40. The van der Waals surface area contributed by atoms with E-state index in [1.165, 1.54) is 25.9 Å². The fraction of sp³-hybridized carbons (Fsp3) is 1.00. The SMILES string of the molecule is BC1CCC2CN(C)CC12. The summed E-state index contributed by atoms with van der Waals surface area (Å²) in [5.74, 6) is 3.11. The Bertz CT molecular complexity index is 137. The molecule has 1 aliphatic carbocycles. The van der Waals surface area contributed by atoms with Crippen molar-refractivity contribution in [3.63, 3.8) is 0 Å². The second kappa shape index (κ2) is 2.26. The molecular formula is C8H16BN. The molecule has 1 nitrogen and oxygen atoms in total. The first-order chi connectivity index (χ1) is 4.77. The van der Waals surface area contributed by atoms with Gasteiger partial charge in [-0.2, -0.15) is 0 Å². The van der Waals surface area contributed by atoms with Crippen LogP contribution in [0.3, 0.4) is 0 Å². The molecule has 0 radical (unpaired) electrons. The molecule has 1 heterocycles. The Morgan fingerprint density at radius 1 is 1.30 bits per heavy atom. The topological polar surface area (TPSA) is 3.24 Å². The number of likely N-dealkylation sites (tertiary alicyclic amines) is 1. The van der Waals surface area contributed by atoms with Crippen LogP contribution < -0.4 is 0 Å². The summed E-state index contributed by atoms with van der Waals surface area (Å²) < 4.78 is 0. The van der Waals surface area contributed by atoms with Crippen molar-refractivity contribution < 1.29 is 0 Å². The molecule has 0 N–H and O–H groups in total. The Labute approximate surface area is 64.2 Å². The van der Waals surface area contributed by atoms with Crippen molar-refractivity contribution in [1.29, 1.82) is 0 Å². The molecular weight excluding hydrogens is 121 g/mol. The van der Waals surface area contributed by atoms with Crippen LogP contribution in [0, 0.1) is 11.8 Å². The Kier molecular flexibility index (Phi) is 1.52. The van der Waals surface area contributed by atoms with Crippen molar-refractivity contribution in [2.45, 2.75) is 18.7 Å². The summed E-state index contributed by atoms with van der Waals surface area (Å²) in [6.07, 6.45) is 2.99. The van der Waals surface area contributed by atoms with E-state index in [0.29, 0.717) is 0 Å². The fourth-order valence-corrected chi connectivity index (χ4v) is 2.76. The average molecular weight is 137 g/mol. The van der Waals surface area contributed by atoms with E-state index in [1.807, 2.05) is 0 Å². The lowest BCUT2D eigenvalue weighted by Crippen LogP contribution is -2.16. The maximum Gasteiger partial charge on any atom is 0.105 e. The van der Waals surface area contributed by atoms with Gasteiger partial charge >= 0.3 is 0 Å². The molecule has 3 atom stereocenters. The normalized spacial score (nSPS) is 47.9. The van der Waals surface area contributed by atoms with Crippen molar-refractivity contribution in [3.05, 3.63) is 0 Å².